The van der Waals surface area contributed by atoms with Gasteiger partial charge in [-0.15, -0.1) is 0 Å². The van der Waals surface area contributed by atoms with Gasteiger partial charge in [0.15, 0.2) is 0 Å². The first-order chi connectivity index (χ1) is 10.5. The summed E-state index contributed by atoms with van der Waals surface area (Å²) in [5.74, 6) is -1.22. The quantitative estimate of drug-likeness (QED) is 0.860. The molecule has 1 saturated heterocycles. The first-order valence-corrected chi connectivity index (χ1v) is 9.02. The predicted octanol–water partition coefficient (Wildman–Crippen LogP) is 1.30. The normalized spacial score (nSPS) is 21.3. The largest absolute Gasteiger partial charge is 0.481 e. The average molecular weight is 340 g/mol. The second-order valence-electron chi connectivity index (χ2n) is 6.25. The number of aliphatic carboxylic acids is 1. The van der Waals surface area contributed by atoms with Crippen LogP contribution >= 0.6 is 0 Å². The highest BCUT2D eigenvalue weighted by Gasteiger charge is 2.42. The number of benzene rings is 1. The molecular weight excluding hydrogens is 320 g/mol. The zero-order valence-electron chi connectivity index (χ0n) is 13.3. The highest BCUT2D eigenvalue weighted by molar-refractivity contribution is 7.92. The van der Waals surface area contributed by atoms with E-state index in [2.05, 4.69) is 4.72 Å². The number of rotatable bonds is 4. The number of nitrogens with zero attached hydrogens (tertiary/aromatic N) is 1. The maximum absolute atomic E-state index is 12.5. The highest BCUT2D eigenvalue weighted by Crippen LogP contribution is 2.31. The maximum Gasteiger partial charge on any atom is 0.311 e. The van der Waals surface area contributed by atoms with Crippen molar-refractivity contribution in [2.75, 3.05) is 24.1 Å². The first-order valence-electron chi connectivity index (χ1n) is 7.13. The molecule has 8 heteroatoms. The topological polar surface area (TPSA) is 104 Å². The molecular formula is C15H20N2O5S. The van der Waals surface area contributed by atoms with Crippen molar-refractivity contribution in [3.63, 3.8) is 0 Å². The van der Waals surface area contributed by atoms with E-state index in [9.17, 15) is 23.1 Å². The Bertz CT molecular complexity index is 759. The van der Waals surface area contributed by atoms with Crippen LogP contribution in [0.15, 0.2) is 18.2 Å². The third-order valence-corrected chi connectivity index (χ3v) is 4.65. The number of hydrogen-bond acceptors (Lipinski definition) is 4. The molecule has 0 bridgehead atoms. The van der Waals surface area contributed by atoms with Gasteiger partial charge in [-0.05, 0) is 38.0 Å². The lowest BCUT2D eigenvalue weighted by Gasteiger charge is -2.20. The predicted molar refractivity (Wildman–Crippen MR) is 85.9 cm³/mol. The Kier molecular flexibility index (Phi) is 4.39. The zero-order chi connectivity index (χ0) is 17.4. The van der Waals surface area contributed by atoms with Crippen LogP contribution in [-0.4, -0.2) is 49.6 Å². The molecule has 1 amide bonds. The maximum atomic E-state index is 12.5. The smallest absolute Gasteiger partial charge is 0.311 e. The van der Waals surface area contributed by atoms with E-state index in [4.69, 9.17) is 0 Å². The Balaban J connectivity index is 2.24. The fraction of sp³-hybridized carbons (Fsp3) is 0.467. The van der Waals surface area contributed by atoms with Crippen LogP contribution in [0, 0.1) is 12.3 Å². The molecule has 1 unspecified atom stereocenters. The van der Waals surface area contributed by atoms with Gasteiger partial charge in [-0.3, -0.25) is 14.3 Å². The molecule has 2 N–H and O–H groups in total. The number of sulfonamides is 1. The lowest BCUT2D eigenvalue weighted by atomic mass is 9.90. The van der Waals surface area contributed by atoms with Crippen molar-refractivity contribution in [1.29, 1.82) is 0 Å². The van der Waals surface area contributed by atoms with E-state index in [0.717, 1.165) is 6.26 Å². The van der Waals surface area contributed by atoms with Crippen LogP contribution in [0.25, 0.3) is 0 Å². The molecule has 126 valence electrons. The molecule has 1 atom stereocenters. The molecule has 0 aliphatic carbocycles. The Hall–Kier alpha value is -2.09. The Morgan fingerprint density at radius 1 is 1.35 bits per heavy atom. The standard InChI is InChI=1S/C15H20N2O5S/c1-10-4-5-11(8-12(10)16-23(3,21)22)13(18)17-7-6-15(2,9-17)14(19)20/h4-5,8,16H,6-7,9H2,1-3H3,(H,19,20). The minimum absolute atomic E-state index is 0.143. The van der Waals surface area contributed by atoms with Gasteiger partial charge in [0, 0.05) is 18.7 Å². The van der Waals surface area contributed by atoms with Gasteiger partial charge in [0.1, 0.15) is 0 Å². The summed E-state index contributed by atoms with van der Waals surface area (Å²) in [4.78, 5) is 25.3. The van der Waals surface area contributed by atoms with E-state index in [0.29, 0.717) is 29.8 Å². The van der Waals surface area contributed by atoms with Gasteiger partial charge in [-0.2, -0.15) is 0 Å². The molecule has 1 fully saturated rings. The highest BCUT2D eigenvalue weighted by atomic mass is 32.2. The number of carboxylic acid groups (broad SMARTS) is 1. The van der Waals surface area contributed by atoms with Crippen molar-refractivity contribution < 1.29 is 23.1 Å². The summed E-state index contributed by atoms with van der Waals surface area (Å²) in [6.45, 7) is 3.86. The number of carbonyl (C=O) groups excluding carboxylic acids is 1. The van der Waals surface area contributed by atoms with Crippen molar-refractivity contribution >= 4 is 27.6 Å². The molecule has 7 nitrogen and oxygen atoms in total. The summed E-state index contributed by atoms with van der Waals surface area (Å²) < 4.78 is 25.1. The van der Waals surface area contributed by atoms with Crippen LogP contribution in [0.4, 0.5) is 5.69 Å². The van der Waals surface area contributed by atoms with E-state index in [1.54, 1.807) is 26.0 Å². The summed E-state index contributed by atoms with van der Waals surface area (Å²) in [6.07, 6.45) is 1.44. The molecule has 1 aliphatic heterocycles. The van der Waals surface area contributed by atoms with Crippen LogP contribution in [0.5, 0.6) is 0 Å². The number of anilines is 1. The lowest BCUT2D eigenvalue weighted by Crippen LogP contribution is -2.34. The fourth-order valence-corrected chi connectivity index (χ4v) is 3.18. The number of carboxylic acids is 1. The Labute approximate surface area is 135 Å². The zero-order valence-corrected chi connectivity index (χ0v) is 14.1. The van der Waals surface area contributed by atoms with Gasteiger partial charge in [0.25, 0.3) is 5.91 Å². The number of amides is 1. The van der Waals surface area contributed by atoms with Crippen molar-refractivity contribution in [1.82, 2.24) is 4.90 Å². The summed E-state index contributed by atoms with van der Waals surface area (Å²) >= 11 is 0. The Morgan fingerprint density at radius 2 is 2.00 bits per heavy atom. The summed E-state index contributed by atoms with van der Waals surface area (Å²) in [7, 11) is -3.44. The second-order valence-corrected chi connectivity index (χ2v) is 7.99. The van der Waals surface area contributed by atoms with Crippen LogP contribution in [-0.2, 0) is 14.8 Å². The molecule has 2 rings (SSSR count). The van der Waals surface area contributed by atoms with E-state index in [-0.39, 0.29) is 12.5 Å². The molecule has 23 heavy (non-hydrogen) atoms. The molecule has 0 aromatic heterocycles. The summed E-state index contributed by atoms with van der Waals surface area (Å²) in [5, 5.41) is 9.24. The number of nitrogens with one attached hydrogen (secondary N) is 1. The molecule has 0 radical (unpaired) electrons. The van der Waals surface area contributed by atoms with Crippen molar-refractivity contribution in [3.8, 4) is 0 Å². The SMILES string of the molecule is Cc1ccc(C(=O)N2CCC(C)(C(=O)O)C2)cc1NS(C)(=O)=O. The van der Waals surface area contributed by atoms with E-state index < -0.39 is 21.4 Å². The van der Waals surface area contributed by atoms with Gasteiger partial charge < -0.3 is 10.0 Å². The van der Waals surface area contributed by atoms with Crippen LogP contribution in [0.1, 0.15) is 29.3 Å². The van der Waals surface area contributed by atoms with Gasteiger partial charge in [-0.1, -0.05) is 6.07 Å². The lowest BCUT2D eigenvalue weighted by molar-refractivity contribution is -0.147. The van der Waals surface area contributed by atoms with Crippen molar-refractivity contribution in [3.05, 3.63) is 29.3 Å². The van der Waals surface area contributed by atoms with E-state index >= 15 is 0 Å². The minimum Gasteiger partial charge on any atom is -0.481 e. The first kappa shape index (κ1) is 17.3. The van der Waals surface area contributed by atoms with Crippen molar-refractivity contribution in [2.45, 2.75) is 20.3 Å². The number of aryl methyl sites for hydroxylation is 1. The van der Waals surface area contributed by atoms with Crippen molar-refractivity contribution in [2.24, 2.45) is 5.41 Å². The van der Waals surface area contributed by atoms with Crippen LogP contribution < -0.4 is 4.72 Å². The summed E-state index contributed by atoms with van der Waals surface area (Å²) in [6, 6.07) is 4.75. The average Bonchev–Trinajstić information content (AvgIpc) is 2.83. The van der Waals surface area contributed by atoms with Gasteiger partial charge in [-0.25, -0.2) is 8.42 Å². The third kappa shape index (κ3) is 3.82. The second kappa shape index (κ2) is 5.84. The van der Waals surface area contributed by atoms with Crippen LogP contribution in [0.2, 0.25) is 0 Å². The third-order valence-electron chi connectivity index (χ3n) is 4.06. The van der Waals surface area contributed by atoms with Gasteiger partial charge >= 0.3 is 5.97 Å². The fourth-order valence-electron chi connectivity index (χ4n) is 2.56. The summed E-state index contributed by atoms with van der Waals surface area (Å²) in [5.41, 5.74) is 0.437. The molecule has 1 heterocycles. The molecule has 0 spiro atoms. The Morgan fingerprint density at radius 3 is 2.52 bits per heavy atom. The van der Waals surface area contributed by atoms with Crippen LogP contribution in [0.3, 0.4) is 0 Å². The monoisotopic (exact) mass is 340 g/mol. The van der Waals surface area contributed by atoms with E-state index in [1.165, 1.54) is 11.0 Å². The minimum atomic E-state index is -3.44. The molecule has 0 saturated carbocycles. The molecule has 1 aromatic rings. The number of likely N-dealkylation sites (tertiary alicyclic amines) is 1. The van der Waals surface area contributed by atoms with Gasteiger partial charge in [0.05, 0.1) is 17.4 Å². The number of carbonyl (C=O) groups is 2. The molecule has 1 aromatic carbocycles. The number of hydrogen-bond donors (Lipinski definition) is 2. The van der Waals surface area contributed by atoms with E-state index in [1.807, 2.05) is 0 Å². The molecule has 1 aliphatic rings. The van der Waals surface area contributed by atoms with Gasteiger partial charge in [0.2, 0.25) is 10.0 Å².